The number of halogens is 1. The van der Waals surface area contributed by atoms with Crippen LogP contribution in [-0.4, -0.2) is 30.3 Å². The SMILES string of the molecule is CS(=O)(=O)c1ccc([S+]([O-])c2cc(CC(=O)O)cc3ccc(F)cc23)cc1. The minimum absolute atomic E-state index is 0.0961. The molecular weight excluding hydrogens is 391 g/mol. The number of sulfone groups is 1. The van der Waals surface area contributed by atoms with E-state index in [1.165, 1.54) is 48.5 Å². The minimum atomic E-state index is -3.38. The van der Waals surface area contributed by atoms with Gasteiger partial charge in [-0.25, -0.2) is 12.8 Å². The van der Waals surface area contributed by atoms with E-state index in [9.17, 15) is 22.2 Å². The smallest absolute Gasteiger partial charge is 0.307 e. The first-order chi connectivity index (χ1) is 12.6. The standard InChI is InChI=1S/C19H15FO5S2/c1-27(24,25)16-6-4-15(5-7-16)26(23)18-9-12(10-19(21)22)8-13-2-3-14(20)11-17(13)18/h2-9,11H,10H2,1H3,(H,21,22). The number of aliphatic carboxylic acids is 1. The zero-order valence-corrected chi connectivity index (χ0v) is 15.8. The topological polar surface area (TPSA) is 94.5 Å². The summed E-state index contributed by atoms with van der Waals surface area (Å²) >= 11 is -1.74. The molecule has 0 radical (unpaired) electrons. The fourth-order valence-corrected chi connectivity index (χ4v) is 4.63. The molecule has 0 fully saturated rings. The van der Waals surface area contributed by atoms with Crippen molar-refractivity contribution in [3.05, 3.63) is 66.0 Å². The van der Waals surface area contributed by atoms with Gasteiger partial charge in [-0.1, -0.05) is 12.1 Å². The molecule has 1 N–H and O–H groups in total. The van der Waals surface area contributed by atoms with E-state index in [4.69, 9.17) is 5.11 Å². The third kappa shape index (κ3) is 4.29. The monoisotopic (exact) mass is 406 g/mol. The van der Waals surface area contributed by atoms with Gasteiger partial charge in [-0.05, 0) is 53.4 Å². The Morgan fingerprint density at radius 1 is 1.11 bits per heavy atom. The second-order valence-corrected chi connectivity index (χ2v) is 9.51. The van der Waals surface area contributed by atoms with Gasteiger partial charge in [0.15, 0.2) is 19.6 Å². The molecule has 0 saturated carbocycles. The molecule has 5 nitrogen and oxygen atoms in total. The van der Waals surface area contributed by atoms with Gasteiger partial charge in [0.25, 0.3) is 0 Å². The lowest BCUT2D eigenvalue weighted by molar-refractivity contribution is -0.136. The van der Waals surface area contributed by atoms with Gasteiger partial charge < -0.3 is 9.66 Å². The number of benzene rings is 3. The lowest BCUT2D eigenvalue weighted by Gasteiger charge is -2.14. The molecular formula is C19H15FO5S2. The first-order valence-corrected chi connectivity index (χ1v) is 10.8. The maximum Gasteiger partial charge on any atom is 0.307 e. The Balaban J connectivity index is 2.13. The van der Waals surface area contributed by atoms with Crippen molar-refractivity contribution in [1.82, 2.24) is 0 Å². The third-order valence-corrected chi connectivity index (χ3v) is 6.53. The average Bonchev–Trinajstić information content (AvgIpc) is 2.59. The van der Waals surface area contributed by atoms with Gasteiger partial charge in [0.2, 0.25) is 0 Å². The first-order valence-electron chi connectivity index (χ1n) is 7.81. The van der Waals surface area contributed by atoms with Crippen molar-refractivity contribution in [1.29, 1.82) is 0 Å². The predicted molar refractivity (Wildman–Crippen MR) is 99.5 cm³/mol. The quantitative estimate of drug-likeness (QED) is 0.657. The second kappa shape index (κ2) is 7.30. The molecule has 0 aliphatic carbocycles. The summed E-state index contributed by atoms with van der Waals surface area (Å²) in [4.78, 5) is 11.8. The average molecular weight is 406 g/mol. The molecule has 0 saturated heterocycles. The normalized spacial score (nSPS) is 12.9. The maximum absolute atomic E-state index is 13.7. The predicted octanol–water partition coefficient (Wildman–Crippen LogP) is 3.18. The molecule has 0 bridgehead atoms. The zero-order chi connectivity index (χ0) is 19.8. The Morgan fingerprint density at radius 3 is 2.37 bits per heavy atom. The first kappa shape index (κ1) is 19.3. The van der Waals surface area contributed by atoms with E-state index in [0.29, 0.717) is 21.2 Å². The van der Waals surface area contributed by atoms with Gasteiger partial charge in [-0.2, -0.15) is 0 Å². The molecule has 0 aliphatic rings. The van der Waals surface area contributed by atoms with Crippen LogP contribution in [0, 0.1) is 5.82 Å². The van der Waals surface area contributed by atoms with Crippen LogP contribution in [0.25, 0.3) is 10.8 Å². The van der Waals surface area contributed by atoms with Crippen molar-refractivity contribution in [2.45, 2.75) is 21.1 Å². The highest BCUT2D eigenvalue weighted by molar-refractivity contribution is 7.92. The van der Waals surface area contributed by atoms with Gasteiger partial charge >= 0.3 is 5.97 Å². The van der Waals surface area contributed by atoms with Crippen molar-refractivity contribution < 1.29 is 27.3 Å². The minimum Gasteiger partial charge on any atom is -0.606 e. The fraction of sp³-hybridized carbons (Fsp3) is 0.105. The summed E-state index contributed by atoms with van der Waals surface area (Å²) in [5, 5.41) is 10.0. The number of carbonyl (C=O) groups is 1. The number of hydrogen-bond acceptors (Lipinski definition) is 4. The van der Waals surface area contributed by atoms with E-state index in [2.05, 4.69) is 0 Å². The third-order valence-electron chi connectivity index (χ3n) is 3.96. The van der Waals surface area contributed by atoms with Crippen LogP contribution >= 0.6 is 0 Å². The number of fused-ring (bicyclic) bond motifs is 1. The Morgan fingerprint density at radius 2 is 1.78 bits per heavy atom. The Kier molecular flexibility index (Phi) is 5.23. The number of carboxylic acid groups (broad SMARTS) is 1. The molecule has 0 aliphatic heterocycles. The van der Waals surface area contributed by atoms with Crippen LogP contribution in [0.2, 0.25) is 0 Å². The van der Waals surface area contributed by atoms with Gasteiger partial charge in [-0.3, -0.25) is 4.79 Å². The maximum atomic E-state index is 13.7. The van der Waals surface area contributed by atoms with Crippen LogP contribution in [0.4, 0.5) is 4.39 Å². The Labute approximate surface area is 158 Å². The highest BCUT2D eigenvalue weighted by atomic mass is 32.2. The molecule has 3 aromatic rings. The summed E-state index contributed by atoms with van der Waals surface area (Å²) < 4.78 is 49.9. The van der Waals surface area contributed by atoms with Crippen LogP contribution in [0.5, 0.6) is 0 Å². The van der Waals surface area contributed by atoms with Crippen LogP contribution in [-0.2, 0) is 32.2 Å². The highest BCUT2D eigenvalue weighted by Gasteiger charge is 2.21. The fourth-order valence-electron chi connectivity index (χ4n) is 2.72. The molecule has 140 valence electrons. The Hall–Kier alpha value is -2.42. The summed E-state index contributed by atoms with van der Waals surface area (Å²) in [7, 11) is -3.38. The highest BCUT2D eigenvalue weighted by Crippen LogP contribution is 2.31. The van der Waals surface area contributed by atoms with E-state index in [1.54, 1.807) is 6.07 Å². The van der Waals surface area contributed by atoms with Crippen LogP contribution in [0.3, 0.4) is 0 Å². The number of hydrogen-bond donors (Lipinski definition) is 1. The Bertz CT molecular complexity index is 1120. The van der Waals surface area contributed by atoms with Gasteiger partial charge in [0, 0.05) is 22.8 Å². The number of carboxylic acids is 1. The molecule has 0 spiro atoms. The molecule has 0 amide bonds. The van der Waals surface area contributed by atoms with Crippen LogP contribution in [0.1, 0.15) is 5.56 Å². The summed E-state index contributed by atoms with van der Waals surface area (Å²) in [5.41, 5.74) is 0.442. The molecule has 1 atom stereocenters. The van der Waals surface area contributed by atoms with Crippen LogP contribution < -0.4 is 0 Å². The van der Waals surface area contributed by atoms with E-state index >= 15 is 0 Å². The largest absolute Gasteiger partial charge is 0.606 e. The molecule has 1 unspecified atom stereocenters. The second-order valence-electron chi connectivity index (χ2n) is 6.04. The molecule has 3 rings (SSSR count). The zero-order valence-electron chi connectivity index (χ0n) is 14.2. The van der Waals surface area contributed by atoms with Gasteiger partial charge in [0.05, 0.1) is 11.3 Å². The van der Waals surface area contributed by atoms with E-state index < -0.39 is 32.8 Å². The molecule has 8 heteroatoms. The summed E-state index contributed by atoms with van der Waals surface area (Å²) in [6, 6.07) is 12.7. The molecule has 3 aromatic carbocycles. The van der Waals surface area contributed by atoms with E-state index in [-0.39, 0.29) is 16.2 Å². The molecule has 0 aromatic heterocycles. The molecule has 27 heavy (non-hydrogen) atoms. The summed E-state index contributed by atoms with van der Waals surface area (Å²) in [6.45, 7) is 0. The van der Waals surface area contributed by atoms with Crippen molar-refractivity contribution >= 4 is 37.8 Å². The summed E-state index contributed by atoms with van der Waals surface area (Å²) in [6.07, 6.45) is 0.815. The summed E-state index contributed by atoms with van der Waals surface area (Å²) in [5.74, 6) is -1.54. The van der Waals surface area contributed by atoms with Crippen molar-refractivity contribution in [2.24, 2.45) is 0 Å². The lowest BCUT2D eigenvalue weighted by Crippen LogP contribution is -2.07. The van der Waals surface area contributed by atoms with Crippen molar-refractivity contribution in [2.75, 3.05) is 6.26 Å². The van der Waals surface area contributed by atoms with Gasteiger partial charge in [-0.15, -0.1) is 0 Å². The van der Waals surface area contributed by atoms with Crippen LogP contribution in [0.15, 0.2) is 69.3 Å². The lowest BCUT2D eigenvalue weighted by atomic mass is 10.0. The van der Waals surface area contributed by atoms with Crippen molar-refractivity contribution in [3.8, 4) is 0 Å². The van der Waals surface area contributed by atoms with Gasteiger partial charge in [0.1, 0.15) is 5.82 Å². The molecule has 0 heterocycles. The van der Waals surface area contributed by atoms with Crippen molar-refractivity contribution in [3.63, 3.8) is 0 Å². The van der Waals surface area contributed by atoms with E-state index in [1.807, 2.05) is 0 Å². The number of rotatable bonds is 5. The van der Waals surface area contributed by atoms with E-state index in [0.717, 1.165) is 6.26 Å².